The van der Waals surface area contributed by atoms with E-state index in [0.29, 0.717) is 24.0 Å². The van der Waals surface area contributed by atoms with Crippen molar-refractivity contribution in [2.24, 2.45) is 34.3 Å². The second-order valence-corrected chi connectivity index (χ2v) is 13.3. The van der Waals surface area contributed by atoms with Gasteiger partial charge in [0.2, 0.25) is 0 Å². The van der Waals surface area contributed by atoms with Gasteiger partial charge in [-0.2, -0.15) is 0 Å². The minimum absolute atomic E-state index is 0.177. The lowest BCUT2D eigenvalue weighted by Crippen LogP contribution is -2.39. The molecule has 0 spiro atoms. The van der Waals surface area contributed by atoms with Crippen LogP contribution < -0.4 is 5.73 Å². The van der Waals surface area contributed by atoms with Crippen LogP contribution in [0.4, 0.5) is 0 Å². The summed E-state index contributed by atoms with van der Waals surface area (Å²) in [6.45, 7) is 23.9. The van der Waals surface area contributed by atoms with Crippen LogP contribution >= 0.6 is 0 Å². The SMILES string of the molecule is C=COC(C)OC1CCC(C(C)(C)C2CCC(OC(C)O/C(C=C)=C/C=C/C(CCN)C(C)(C)C)CC2)CC1. The third-order valence-corrected chi connectivity index (χ3v) is 9.21. The van der Waals surface area contributed by atoms with Crippen molar-refractivity contribution in [3.05, 3.63) is 49.5 Å². The van der Waals surface area contributed by atoms with Crippen molar-refractivity contribution in [1.82, 2.24) is 0 Å². The smallest absolute Gasteiger partial charge is 0.197 e. The van der Waals surface area contributed by atoms with Crippen LogP contribution in [0.2, 0.25) is 0 Å². The molecule has 0 heterocycles. The molecule has 224 valence electrons. The highest BCUT2D eigenvalue weighted by atomic mass is 16.7. The molecule has 0 saturated heterocycles. The Labute approximate surface area is 240 Å². The molecule has 2 aliphatic carbocycles. The molecular weight excluding hydrogens is 486 g/mol. The van der Waals surface area contributed by atoms with E-state index >= 15 is 0 Å². The lowest BCUT2D eigenvalue weighted by molar-refractivity contribution is -0.152. The maximum Gasteiger partial charge on any atom is 0.197 e. The molecule has 0 bridgehead atoms. The van der Waals surface area contributed by atoms with Crippen LogP contribution in [0.1, 0.15) is 106 Å². The molecule has 0 aromatic heterocycles. The molecule has 0 amide bonds. The largest absolute Gasteiger partial charge is 0.473 e. The highest BCUT2D eigenvalue weighted by molar-refractivity contribution is 5.17. The standard InChI is InChI=1S/C34H59NO4/c1-10-30(14-12-13-27(23-24-35)33(5,6)7)38-26(4)39-32-21-17-29(18-22-32)34(8,9)28-15-19-31(20-16-28)37-25(3)36-11-2/h10-14,25-29,31-32H,1-2,15-24,35H2,3-9H3/b13-12+,30-14+. The fraction of sp³-hybridized carbons (Fsp3) is 0.765. The highest BCUT2D eigenvalue weighted by Crippen LogP contribution is 2.49. The summed E-state index contributed by atoms with van der Waals surface area (Å²) in [5.74, 6) is 2.63. The topological polar surface area (TPSA) is 62.9 Å². The number of nitrogens with two attached hydrogens (primary N) is 1. The van der Waals surface area contributed by atoms with Gasteiger partial charge in [-0.25, -0.2) is 0 Å². The van der Waals surface area contributed by atoms with Crippen LogP contribution in [0.15, 0.2) is 49.5 Å². The van der Waals surface area contributed by atoms with Crippen LogP contribution in [0.5, 0.6) is 0 Å². The van der Waals surface area contributed by atoms with E-state index in [4.69, 9.17) is 24.7 Å². The van der Waals surface area contributed by atoms with Gasteiger partial charge >= 0.3 is 0 Å². The molecule has 2 rings (SSSR count). The van der Waals surface area contributed by atoms with Crippen LogP contribution in [-0.4, -0.2) is 31.3 Å². The van der Waals surface area contributed by atoms with Gasteiger partial charge in [0, 0.05) is 0 Å². The molecule has 2 saturated carbocycles. The van der Waals surface area contributed by atoms with Gasteiger partial charge in [0.05, 0.1) is 18.5 Å². The Bertz CT molecular complexity index is 780. The Kier molecular flexibility index (Phi) is 13.8. The van der Waals surface area contributed by atoms with Crippen molar-refractivity contribution in [3.63, 3.8) is 0 Å². The zero-order valence-electron chi connectivity index (χ0n) is 26.1. The van der Waals surface area contributed by atoms with E-state index in [1.165, 1.54) is 31.9 Å². The predicted octanol–water partition coefficient (Wildman–Crippen LogP) is 8.67. The van der Waals surface area contributed by atoms with Gasteiger partial charge < -0.3 is 24.7 Å². The molecule has 5 heteroatoms. The van der Waals surface area contributed by atoms with Gasteiger partial charge in [-0.15, -0.1) is 0 Å². The lowest BCUT2D eigenvalue weighted by Gasteiger charge is -2.47. The second-order valence-electron chi connectivity index (χ2n) is 13.3. The second kappa shape index (κ2) is 16.0. The maximum atomic E-state index is 6.33. The third-order valence-electron chi connectivity index (χ3n) is 9.21. The van der Waals surface area contributed by atoms with Crippen LogP contribution in [0.25, 0.3) is 0 Å². The fourth-order valence-electron chi connectivity index (χ4n) is 6.59. The number of rotatable bonds is 15. The van der Waals surface area contributed by atoms with E-state index in [1.807, 2.05) is 19.9 Å². The molecule has 0 aliphatic heterocycles. The zero-order chi connectivity index (χ0) is 29.1. The average molecular weight is 546 g/mol. The van der Waals surface area contributed by atoms with E-state index < -0.39 is 0 Å². The van der Waals surface area contributed by atoms with Gasteiger partial charge in [0.1, 0.15) is 5.76 Å². The van der Waals surface area contributed by atoms with E-state index in [1.54, 1.807) is 6.08 Å². The minimum atomic E-state index is -0.303. The third kappa shape index (κ3) is 11.1. The molecule has 0 radical (unpaired) electrons. The van der Waals surface area contributed by atoms with Gasteiger partial charge in [-0.05, 0) is 119 Å². The molecule has 3 atom stereocenters. The molecule has 0 aromatic carbocycles. The predicted molar refractivity (Wildman–Crippen MR) is 163 cm³/mol. The van der Waals surface area contributed by atoms with E-state index in [2.05, 4.69) is 59.9 Å². The summed E-state index contributed by atoms with van der Waals surface area (Å²) in [6.07, 6.45) is 19.8. The summed E-state index contributed by atoms with van der Waals surface area (Å²) in [4.78, 5) is 0. The molecule has 2 N–H and O–H groups in total. The van der Waals surface area contributed by atoms with Crippen LogP contribution in [-0.2, 0) is 18.9 Å². The maximum absolute atomic E-state index is 6.33. The Balaban J connectivity index is 1.80. The van der Waals surface area contributed by atoms with E-state index in [9.17, 15) is 0 Å². The summed E-state index contributed by atoms with van der Waals surface area (Å²) >= 11 is 0. The lowest BCUT2D eigenvalue weighted by atomic mass is 9.60. The Morgan fingerprint density at radius 1 is 0.846 bits per heavy atom. The number of hydrogen-bond acceptors (Lipinski definition) is 5. The molecular formula is C34H59NO4. The van der Waals surface area contributed by atoms with Crippen molar-refractivity contribution >= 4 is 0 Å². The summed E-state index contributed by atoms with van der Waals surface area (Å²) in [6, 6.07) is 0. The monoisotopic (exact) mass is 545 g/mol. The van der Waals surface area contributed by atoms with Crippen molar-refractivity contribution in [2.75, 3.05) is 6.54 Å². The Morgan fingerprint density at radius 3 is 1.79 bits per heavy atom. The van der Waals surface area contributed by atoms with Crippen molar-refractivity contribution in [3.8, 4) is 0 Å². The summed E-state index contributed by atoms with van der Waals surface area (Å²) in [5.41, 5.74) is 6.33. The number of ether oxygens (including phenoxy) is 4. The summed E-state index contributed by atoms with van der Waals surface area (Å²) in [5, 5.41) is 0. The van der Waals surface area contributed by atoms with E-state index in [0.717, 1.165) is 49.7 Å². The first-order valence-corrected chi connectivity index (χ1v) is 15.4. The molecule has 2 fully saturated rings. The van der Waals surface area contributed by atoms with E-state index in [-0.39, 0.29) is 24.1 Å². The van der Waals surface area contributed by atoms with Crippen molar-refractivity contribution < 1.29 is 18.9 Å². The quantitative estimate of drug-likeness (QED) is 0.127. The minimum Gasteiger partial charge on any atom is -0.473 e. The Hall–Kier alpha value is -1.56. The highest BCUT2D eigenvalue weighted by Gasteiger charge is 2.41. The van der Waals surface area contributed by atoms with Gasteiger partial charge in [0.25, 0.3) is 0 Å². The molecule has 0 aromatic rings. The zero-order valence-corrected chi connectivity index (χ0v) is 26.1. The number of allylic oxidation sites excluding steroid dienone is 4. The first-order chi connectivity index (χ1) is 18.4. The first kappa shape index (κ1) is 33.6. The Morgan fingerprint density at radius 2 is 1.36 bits per heavy atom. The summed E-state index contributed by atoms with van der Waals surface area (Å²) < 4.78 is 23.8. The van der Waals surface area contributed by atoms with Crippen molar-refractivity contribution in [2.45, 2.75) is 131 Å². The normalized spacial score (nSPS) is 27.5. The fourth-order valence-corrected chi connectivity index (χ4v) is 6.59. The molecule has 39 heavy (non-hydrogen) atoms. The first-order valence-electron chi connectivity index (χ1n) is 15.4. The van der Waals surface area contributed by atoms with Crippen molar-refractivity contribution in [1.29, 1.82) is 0 Å². The van der Waals surface area contributed by atoms with Crippen LogP contribution in [0.3, 0.4) is 0 Å². The van der Waals surface area contributed by atoms with Crippen LogP contribution in [0, 0.1) is 28.6 Å². The molecule has 5 nitrogen and oxygen atoms in total. The summed E-state index contributed by atoms with van der Waals surface area (Å²) in [7, 11) is 0. The average Bonchev–Trinajstić information content (AvgIpc) is 2.87. The van der Waals surface area contributed by atoms with Gasteiger partial charge in [0.15, 0.2) is 12.6 Å². The molecule has 3 unspecified atom stereocenters. The molecule has 2 aliphatic rings. The van der Waals surface area contributed by atoms with Gasteiger partial charge in [-0.3, -0.25) is 0 Å². The number of hydrogen-bond donors (Lipinski definition) is 1. The van der Waals surface area contributed by atoms with Gasteiger partial charge in [-0.1, -0.05) is 59.9 Å².